The molecule has 0 spiro atoms. The van der Waals surface area contributed by atoms with Crippen molar-refractivity contribution < 1.29 is 0 Å². The number of aliphatic imine (C=N–C) groups is 1. The van der Waals surface area contributed by atoms with Crippen LogP contribution in [0.3, 0.4) is 0 Å². The lowest BCUT2D eigenvalue weighted by Gasteiger charge is -2.12. The van der Waals surface area contributed by atoms with Crippen LogP contribution < -0.4 is 10.6 Å². The Hall–Kier alpha value is -1.37. The topological polar surface area (TPSA) is 49.3 Å². The number of para-hydroxylation sites is 1. The average Bonchev–Trinajstić information content (AvgIpc) is 3.32. The summed E-state index contributed by atoms with van der Waals surface area (Å²) in [5, 5.41) is 7.90. The fraction of sp³-hybridized carbons (Fsp3) is 0.375. The van der Waals surface area contributed by atoms with Crippen LogP contribution in [0.1, 0.15) is 18.4 Å². The molecule has 2 aromatic rings. The van der Waals surface area contributed by atoms with E-state index in [1.54, 1.807) is 0 Å². The van der Waals surface area contributed by atoms with Crippen LogP contribution >= 0.6 is 24.0 Å². The van der Waals surface area contributed by atoms with Crippen molar-refractivity contribution >= 4 is 40.8 Å². The minimum atomic E-state index is 0. The van der Waals surface area contributed by atoms with Gasteiger partial charge in [-0.25, -0.2) is 0 Å². The fourth-order valence-electron chi connectivity index (χ4n) is 2.27. The summed E-state index contributed by atoms with van der Waals surface area (Å²) in [5.41, 5.74) is 2.25. The van der Waals surface area contributed by atoms with Crippen molar-refractivity contribution in [2.45, 2.75) is 19.4 Å². The zero-order valence-corrected chi connectivity index (χ0v) is 14.5. The molecule has 0 atom stereocenters. The van der Waals surface area contributed by atoms with Gasteiger partial charge in [0.25, 0.3) is 0 Å². The highest BCUT2D eigenvalue weighted by atomic mass is 127. The van der Waals surface area contributed by atoms with Gasteiger partial charge < -0.3 is 10.6 Å². The second-order valence-corrected chi connectivity index (χ2v) is 5.24. The predicted octanol–water partition coefficient (Wildman–Crippen LogP) is 2.93. The van der Waals surface area contributed by atoms with E-state index in [9.17, 15) is 0 Å². The number of benzene rings is 1. The van der Waals surface area contributed by atoms with Gasteiger partial charge in [-0.05, 0) is 30.4 Å². The van der Waals surface area contributed by atoms with Gasteiger partial charge in [0.2, 0.25) is 0 Å². The molecule has 1 fully saturated rings. The van der Waals surface area contributed by atoms with E-state index in [-0.39, 0.29) is 24.0 Å². The van der Waals surface area contributed by atoms with Gasteiger partial charge >= 0.3 is 0 Å². The van der Waals surface area contributed by atoms with Crippen molar-refractivity contribution in [3.63, 3.8) is 0 Å². The third kappa shape index (κ3) is 4.30. The molecule has 1 aromatic carbocycles. The summed E-state index contributed by atoms with van der Waals surface area (Å²) in [6.07, 6.45) is 4.53. The first-order chi connectivity index (χ1) is 9.86. The Kier molecular flexibility index (Phi) is 5.78. The monoisotopic (exact) mass is 396 g/mol. The molecule has 4 nitrogen and oxygen atoms in total. The normalized spacial score (nSPS) is 14.6. The minimum Gasteiger partial charge on any atom is -0.356 e. The number of aromatic nitrogens is 1. The van der Waals surface area contributed by atoms with Crippen molar-refractivity contribution in [1.82, 2.24) is 15.6 Å². The van der Waals surface area contributed by atoms with Crippen molar-refractivity contribution in [2.75, 3.05) is 13.6 Å². The summed E-state index contributed by atoms with van der Waals surface area (Å²) >= 11 is 0. The maximum atomic E-state index is 4.47. The molecule has 5 heteroatoms. The van der Waals surface area contributed by atoms with Crippen LogP contribution in [0.2, 0.25) is 0 Å². The van der Waals surface area contributed by atoms with Gasteiger partial charge in [0.1, 0.15) is 0 Å². The molecule has 1 aliphatic carbocycles. The molecule has 1 aromatic heterocycles. The number of pyridine rings is 1. The molecular formula is C16H21IN4. The quantitative estimate of drug-likeness (QED) is 0.475. The predicted molar refractivity (Wildman–Crippen MR) is 98.1 cm³/mol. The first-order valence-corrected chi connectivity index (χ1v) is 7.14. The Bertz CT molecular complexity index is 617. The van der Waals surface area contributed by atoms with Crippen molar-refractivity contribution in [3.8, 4) is 0 Å². The fourth-order valence-corrected chi connectivity index (χ4v) is 2.27. The Morgan fingerprint density at radius 3 is 2.81 bits per heavy atom. The molecule has 3 rings (SSSR count). The lowest BCUT2D eigenvalue weighted by molar-refractivity contribution is 0.738. The highest BCUT2D eigenvalue weighted by Crippen LogP contribution is 2.27. The van der Waals surface area contributed by atoms with E-state index in [0.717, 1.165) is 30.5 Å². The van der Waals surface area contributed by atoms with Gasteiger partial charge in [-0.15, -0.1) is 24.0 Å². The van der Waals surface area contributed by atoms with Crippen LogP contribution in [0, 0.1) is 5.92 Å². The first-order valence-electron chi connectivity index (χ1n) is 7.14. The number of nitrogens with zero attached hydrogens (tertiary/aromatic N) is 2. The van der Waals surface area contributed by atoms with Gasteiger partial charge in [0, 0.05) is 31.7 Å². The van der Waals surface area contributed by atoms with Crippen LogP contribution in [0.4, 0.5) is 0 Å². The number of hydrogen-bond donors (Lipinski definition) is 2. The molecule has 0 radical (unpaired) electrons. The number of halogens is 1. The van der Waals surface area contributed by atoms with Gasteiger partial charge in [0.15, 0.2) is 5.96 Å². The second-order valence-electron chi connectivity index (χ2n) is 5.24. The van der Waals surface area contributed by atoms with E-state index >= 15 is 0 Å². The molecule has 0 unspecified atom stereocenters. The summed E-state index contributed by atoms with van der Waals surface area (Å²) in [5.74, 6) is 1.71. The van der Waals surface area contributed by atoms with Crippen LogP contribution in [0.15, 0.2) is 41.5 Å². The van der Waals surface area contributed by atoms with Crippen molar-refractivity contribution in [3.05, 3.63) is 42.1 Å². The molecule has 112 valence electrons. The van der Waals surface area contributed by atoms with Crippen LogP contribution in [0.5, 0.6) is 0 Å². The number of rotatable bonds is 4. The molecule has 0 saturated heterocycles. The summed E-state index contributed by atoms with van der Waals surface area (Å²) in [6, 6.07) is 10.3. The average molecular weight is 396 g/mol. The molecule has 1 heterocycles. The maximum absolute atomic E-state index is 4.47. The smallest absolute Gasteiger partial charge is 0.191 e. The van der Waals surface area contributed by atoms with Crippen LogP contribution in [0.25, 0.3) is 10.9 Å². The molecule has 0 bridgehead atoms. The van der Waals surface area contributed by atoms with E-state index in [4.69, 9.17) is 0 Å². The lowest BCUT2D eigenvalue weighted by atomic mass is 10.1. The Morgan fingerprint density at radius 2 is 2.05 bits per heavy atom. The third-order valence-corrected chi connectivity index (χ3v) is 3.64. The Morgan fingerprint density at radius 1 is 1.24 bits per heavy atom. The molecular weight excluding hydrogens is 375 g/mol. The van der Waals surface area contributed by atoms with E-state index < -0.39 is 0 Å². The van der Waals surface area contributed by atoms with Gasteiger partial charge in [-0.1, -0.05) is 24.3 Å². The Balaban J connectivity index is 0.00000161. The highest BCUT2D eigenvalue weighted by molar-refractivity contribution is 14.0. The molecule has 0 amide bonds. The van der Waals surface area contributed by atoms with Crippen LogP contribution in [-0.4, -0.2) is 24.5 Å². The molecule has 2 N–H and O–H groups in total. The summed E-state index contributed by atoms with van der Waals surface area (Å²) in [4.78, 5) is 8.73. The summed E-state index contributed by atoms with van der Waals surface area (Å²) in [7, 11) is 1.81. The molecule has 1 aliphatic rings. The van der Waals surface area contributed by atoms with Gasteiger partial charge in [-0.3, -0.25) is 9.98 Å². The highest BCUT2D eigenvalue weighted by Gasteiger charge is 2.21. The lowest BCUT2D eigenvalue weighted by Crippen LogP contribution is -2.37. The molecule has 0 aliphatic heterocycles. The standard InChI is InChI=1S/C16H20N4.HI/c1-17-16(19-10-12-7-8-12)20-11-14-5-2-4-13-6-3-9-18-15(13)14;/h2-6,9,12H,7-8,10-11H2,1H3,(H2,17,19,20);1H. The molecule has 1 saturated carbocycles. The zero-order valence-electron chi connectivity index (χ0n) is 12.2. The Labute approximate surface area is 142 Å². The van der Waals surface area contributed by atoms with Gasteiger partial charge in [-0.2, -0.15) is 0 Å². The van der Waals surface area contributed by atoms with E-state index in [1.807, 2.05) is 19.3 Å². The number of nitrogens with one attached hydrogen (secondary N) is 2. The summed E-state index contributed by atoms with van der Waals surface area (Å²) < 4.78 is 0. The molecule has 21 heavy (non-hydrogen) atoms. The van der Waals surface area contributed by atoms with Crippen LogP contribution in [-0.2, 0) is 6.54 Å². The van der Waals surface area contributed by atoms with Crippen molar-refractivity contribution in [2.24, 2.45) is 10.9 Å². The first kappa shape index (κ1) is 16.0. The van der Waals surface area contributed by atoms with E-state index in [2.05, 4.69) is 44.9 Å². The zero-order chi connectivity index (χ0) is 13.8. The third-order valence-electron chi connectivity index (χ3n) is 3.64. The number of guanidine groups is 1. The van der Waals surface area contributed by atoms with E-state index in [0.29, 0.717) is 0 Å². The largest absolute Gasteiger partial charge is 0.356 e. The number of fused-ring (bicyclic) bond motifs is 1. The van der Waals surface area contributed by atoms with E-state index in [1.165, 1.54) is 23.8 Å². The SMILES string of the molecule is CN=C(NCc1cccc2cccnc12)NCC1CC1.I. The second kappa shape index (κ2) is 7.59. The minimum absolute atomic E-state index is 0. The summed E-state index contributed by atoms with van der Waals surface area (Å²) in [6.45, 7) is 1.76. The maximum Gasteiger partial charge on any atom is 0.191 e. The van der Waals surface area contributed by atoms with Gasteiger partial charge in [0.05, 0.1) is 5.52 Å². The van der Waals surface area contributed by atoms with Crippen molar-refractivity contribution in [1.29, 1.82) is 0 Å². The number of hydrogen-bond acceptors (Lipinski definition) is 2.